The summed E-state index contributed by atoms with van der Waals surface area (Å²) in [6.07, 6.45) is 0.583. The van der Waals surface area contributed by atoms with Gasteiger partial charge < -0.3 is 10.1 Å². The first-order valence-electron chi connectivity index (χ1n) is 5.45. The van der Waals surface area contributed by atoms with E-state index in [0.29, 0.717) is 12.5 Å². The SMILES string of the molecule is COCCN1C(CC#N)CNCC1(C)C. The van der Waals surface area contributed by atoms with Crippen molar-refractivity contribution in [1.82, 2.24) is 10.2 Å². The van der Waals surface area contributed by atoms with Crippen LogP contribution in [0.15, 0.2) is 0 Å². The third-order valence-corrected chi connectivity index (χ3v) is 3.02. The quantitative estimate of drug-likeness (QED) is 0.739. The highest BCUT2D eigenvalue weighted by molar-refractivity contribution is 4.97. The van der Waals surface area contributed by atoms with Gasteiger partial charge in [0.25, 0.3) is 0 Å². The van der Waals surface area contributed by atoms with E-state index in [1.54, 1.807) is 7.11 Å². The maximum absolute atomic E-state index is 8.80. The van der Waals surface area contributed by atoms with Gasteiger partial charge in [0.1, 0.15) is 0 Å². The monoisotopic (exact) mass is 211 g/mol. The van der Waals surface area contributed by atoms with Gasteiger partial charge in [-0.3, -0.25) is 4.90 Å². The summed E-state index contributed by atoms with van der Waals surface area (Å²) in [6.45, 7) is 7.92. The second-order valence-corrected chi connectivity index (χ2v) is 4.65. The van der Waals surface area contributed by atoms with Gasteiger partial charge in [0.2, 0.25) is 0 Å². The van der Waals surface area contributed by atoms with Crippen molar-refractivity contribution in [3.63, 3.8) is 0 Å². The Labute approximate surface area is 92.2 Å². The van der Waals surface area contributed by atoms with Crippen molar-refractivity contribution in [3.05, 3.63) is 0 Å². The fourth-order valence-corrected chi connectivity index (χ4v) is 2.21. The smallest absolute Gasteiger partial charge is 0.0638 e. The molecule has 0 aromatic rings. The van der Waals surface area contributed by atoms with E-state index in [4.69, 9.17) is 10.00 Å². The summed E-state index contributed by atoms with van der Waals surface area (Å²) in [6, 6.07) is 2.57. The lowest BCUT2D eigenvalue weighted by Gasteiger charge is -2.47. The molecule has 1 saturated heterocycles. The molecule has 1 aliphatic rings. The lowest BCUT2D eigenvalue weighted by molar-refractivity contribution is 0.0168. The van der Waals surface area contributed by atoms with Gasteiger partial charge in [-0.05, 0) is 13.8 Å². The van der Waals surface area contributed by atoms with Crippen LogP contribution in [0, 0.1) is 11.3 Å². The summed E-state index contributed by atoms with van der Waals surface area (Å²) < 4.78 is 5.12. The van der Waals surface area contributed by atoms with Crippen LogP contribution in [0.3, 0.4) is 0 Å². The van der Waals surface area contributed by atoms with Crippen molar-refractivity contribution < 1.29 is 4.74 Å². The molecule has 1 atom stereocenters. The Morgan fingerprint density at radius 1 is 1.60 bits per heavy atom. The van der Waals surface area contributed by atoms with E-state index >= 15 is 0 Å². The number of piperazine rings is 1. The van der Waals surface area contributed by atoms with Crippen LogP contribution in [0.1, 0.15) is 20.3 Å². The van der Waals surface area contributed by atoms with E-state index in [0.717, 1.165) is 26.2 Å². The molecule has 0 aromatic carbocycles. The Bertz CT molecular complexity index is 234. The number of rotatable bonds is 4. The average Bonchev–Trinajstić information content (AvgIpc) is 2.16. The van der Waals surface area contributed by atoms with Crippen LogP contribution in [0.4, 0.5) is 0 Å². The third-order valence-electron chi connectivity index (χ3n) is 3.02. The molecule has 1 fully saturated rings. The molecule has 4 heteroatoms. The van der Waals surface area contributed by atoms with Crippen LogP contribution in [-0.4, -0.2) is 49.8 Å². The molecule has 0 spiro atoms. The van der Waals surface area contributed by atoms with Gasteiger partial charge in [-0.25, -0.2) is 0 Å². The first-order chi connectivity index (χ1) is 7.11. The second kappa shape index (κ2) is 5.45. The van der Waals surface area contributed by atoms with Gasteiger partial charge in [0.15, 0.2) is 0 Å². The van der Waals surface area contributed by atoms with Crippen LogP contribution in [-0.2, 0) is 4.74 Å². The van der Waals surface area contributed by atoms with Crippen LogP contribution < -0.4 is 5.32 Å². The van der Waals surface area contributed by atoms with Crippen molar-refractivity contribution in [2.24, 2.45) is 0 Å². The summed E-state index contributed by atoms with van der Waals surface area (Å²) in [5, 5.41) is 12.2. The molecule has 86 valence electrons. The maximum Gasteiger partial charge on any atom is 0.0638 e. The molecule has 1 unspecified atom stereocenters. The molecule has 0 saturated carbocycles. The lowest BCUT2D eigenvalue weighted by Crippen LogP contribution is -2.63. The fourth-order valence-electron chi connectivity index (χ4n) is 2.21. The summed E-state index contributed by atoms with van der Waals surface area (Å²) >= 11 is 0. The number of methoxy groups -OCH3 is 1. The first kappa shape index (κ1) is 12.4. The molecular weight excluding hydrogens is 190 g/mol. The van der Waals surface area contributed by atoms with Crippen molar-refractivity contribution in [1.29, 1.82) is 5.26 Å². The number of nitrogens with zero attached hydrogens (tertiary/aromatic N) is 2. The number of nitriles is 1. The molecule has 0 aliphatic carbocycles. The predicted octanol–water partition coefficient (Wildman–Crippen LogP) is 0.599. The zero-order valence-corrected chi connectivity index (χ0v) is 9.92. The van der Waals surface area contributed by atoms with E-state index in [2.05, 4.69) is 30.1 Å². The highest BCUT2D eigenvalue weighted by Gasteiger charge is 2.35. The topological polar surface area (TPSA) is 48.3 Å². The van der Waals surface area contributed by atoms with Crippen molar-refractivity contribution in [2.75, 3.05) is 33.4 Å². The predicted molar refractivity (Wildman–Crippen MR) is 59.5 cm³/mol. The first-order valence-corrected chi connectivity index (χ1v) is 5.45. The van der Waals surface area contributed by atoms with E-state index in [1.165, 1.54) is 0 Å². The van der Waals surface area contributed by atoms with Gasteiger partial charge in [-0.2, -0.15) is 5.26 Å². The lowest BCUT2D eigenvalue weighted by atomic mass is 9.95. The minimum absolute atomic E-state index is 0.109. The second-order valence-electron chi connectivity index (χ2n) is 4.65. The molecule has 1 rings (SSSR count). The van der Waals surface area contributed by atoms with Gasteiger partial charge in [0.05, 0.1) is 19.1 Å². The van der Waals surface area contributed by atoms with Crippen molar-refractivity contribution >= 4 is 0 Å². The van der Waals surface area contributed by atoms with Crippen molar-refractivity contribution in [2.45, 2.75) is 31.8 Å². The summed E-state index contributed by atoms with van der Waals surface area (Å²) in [4.78, 5) is 2.39. The fraction of sp³-hybridized carbons (Fsp3) is 0.909. The van der Waals surface area contributed by atoms with Crippen molar-refractivity contribution in [3.8, 4) is 6.07 Å². The van der Waals surface area contributed by atoms with Crippen LogP contribution in [0.25, 0.3) is 0 Å². The molecule has 15 heavy (non-hydrogen) atoms. The molecule has 0 bridgehead atoms. The molecule has 0 amide bonds. The highest BCUT2D eigenvalue weighted by atomic mass is 16.5. The Kier molecular flexibility index (Phi) is 4.52. The molecule has 4 nitrogen and oxygen atoms in total. The van der Waals surface area contributed by atoms with Crippen LogP contribution in [0.5, 0.6) is 0 Å². The number of ether oxygens (including phenoxy) is 1. The Hall–Kier alpha value is -0.630. The largest absolute Gasteiger partial charge is 0.383 e. The molecule has 1 heterocycles. The van der Waals surface area contributed by atoms with Crippen LogP contribution in [0.2, 0.25) is 0 Å². The number of hydrogen-bond acceptors (Lipinski definition) is 4. The highest BCUT2D eigenvalue weighted by Crippen LogP contribution is 2.21. The van der Waals surface area contributed by atoms with E-state index in [1.807, 2.05) is 0 Å². The van der Waals surface area contributed by atoms with Crippen LogP contribution >= 0.6 is 0 Å². The average molecular weight is 211 g/mol. The van der Waals surface area contributed by atoms with E-state index in [9.17, 15) is 0 Å². The Morgan fingerprint density at radius 3 is 2.93 bits per heavy atom. The van der Waals surface area contributed by atoms with E-state index in [-0.39, 0.29) is 5.54 Å². The summed E-state index contributed by atoms with van der Waals surface area (Å²) in [5.41, 5.74) is 0.109. The molecule has 1 aliphatic heterocycles. The van der Waals surface area contributed by atoms with Gasteiger partial charge in [-0.1, -0.05) is 0 Å². The summed E-state index contributed by atoms with van der Waals surface area (Å²) in [5.74, 6) is 0. The zero-order valence-electron chi connectivity index (χ0n) is 9.92. The maximum atomic E-state index is 8.80. The molecule has 0 aromatic heterocycles. The van der Waals surface area contributed by atoms with Gasteiger partial charge in [0, 0.05) is 38.3 Å². The standard InChI is InChI=1S/C11H21N3O/c1-11(2)9-13-8-10(4-5-12)14(11)6-7-15-3/h10,13H,4,6-9H2,1-3H3. The number of hydrogen-bond donors (Lipinski definition) is 1. The number of nitrogens with one attached hydrogen (secondary N) is 1. The van der Waals surface area contributed by atoms with Gasteiger partial charge >= 0.3 is 0 Å². The minimum atomic E-state index is 0.109. The Morgan fingerprint density at radius 2 is 2.33 bits per heavy atom. The van der Waals surface area contributed by atoms with Gasteiger partial charge in [-0.15, -0.1) is 0 Å². The molecular formula is C11H21N3O. The Balaban J connectivity index is 2.64. The summed E-state index contributed by atoms with van der Waals surface area (Å²) in [7, 11) is 1.72. The normalized spacial score (nSPS) is 26.1. The van der Waals surface area contributed by atoms with E-state index < -0.39 is 0 Å². The molecule has 0 radical (unpaired) electrons. The minimum Gasteiger partial charge on any atom is -0.383 e. The third kappa shape index (κ3) is 3.16. The zero-order chi connectivity index (χ0) is 11.3. The molecule has 1 N–H and O–H groups in total.